The van der Waals surface area contributed by atoms with Crippen LogP contribution in [-0.2, 0) is 0 Å². The molecule has 0 amide bonds. The molecule has 0 bridgehead atoms. The van der Waals surface area contributed by atoms with Gasteiger partial charge >= 0.3 is 5.97 Å². The zero-order valence-electron chi connectivity index (χ0n) is 9.44. The molecule has 1 aromatic carbocycles. The van der Waals surface area contributed by atoms with Crippen molar-refractivity contribution in [3.8, 4) is 5.69 Å². The number of carboxylic acid groups (broad SMARTS) is 1. The van der Waals surface area contributed by atoms with Crippen molar-refractivity contribution < 1.29 is 9.90 Å². The van der Waals surface area contributed by atoms with Gasteiger partial charge in [-0.05, 0) is 31.5 Å². The highest BCUT2D eigenvalue weighted by Gasteiger charge is 2.13. The van der Waals surface area contributed by atoms with Crippen LogP contribution in [-0.4, -0.2) is 20.9 Å². The predicted octanol–water partition coefficient (Wildman–Crippen LogP) is 2.84. The molecular weight excluding hydrogens is 240 g/mol. The summed E-state index contributed by atoms with van der Waals surface area (Å²) < 4.78 is 1.56. The van der Waals surface area contributed by atoms with Crippen LogP contribution in [0.15, 0.2) is 24.4 Å². The van der Waals surface area contributed by atoms with E-state index in [1.807, 2.05) is 19.1 Å². The Balaban J connectivity index is 2.53. The average Bonchev–Trinajstić information content (AvgIpc) is 2.64. The Morgan fingerprint density at radius 1 is 1.41 bits per heavy atom. The molecule has 1 N–H and O–H groups in total. The lowest BCUT2D eigenvalue weighted by molar-refractivity contribution is 0.0696. The number of hydrogen-bond acceptors (Lipinski definition) is 2. The molecule has 0 spiro atoms. The molecule has 0 unspecified atom stereocenters. The van der Waals surface area contributed by atoms with Gasteiger partial charge in [-0.1, -0.05) is 17.7 Å². The van der Waals surface area contributed by atoms with Crippen LogP contribution in [0.1, 0.15) is 21.6 Å². The molecule has 2 aromatic rings. The molecular formula is C12H11ClN2O2. The third kappa shape index (κ3) is 2.03. The summed E-state index contributed by atoms with van der Waals surface area (Å²) in [5.74, 6) is -0.980. The van der Waals surface area contributed by atoms with Crippen molar-refractivity contribution in [1.82, 2.24) is 9.78 Å². The van der Waals surface area contributed by atoms with E-state index in [1.54, 1.807) is 17.7 Å². The highest BCUT2D eigenvalue weighted by molar-refractivity contribution is 6.31. The molecule has 0 saturated heterocycles. The lowest BCUT2D eigenvalue weighted by atomic mass is 10.2. The van der Waals surface area contributed by atoms with Gasteiger partial charge in [0.05, 0.1) is 17.6 Å². The smallest absolute Gasteiger partial charge is 0.339 e. The summed E-state index contributed by atoms with van der Waals surface area (Å²) in [4.78, 5) is 10.9. The Kier molecular flexibility index (Phi) is 2.90. The van der Waals surface area contributed by atoms with E-state index in [2.05, 4.69) is 5.10 Å². The number of carbonyl (C=O) groups is 1. The number of hydrogen-bond donors (Lipinski definition) is 1. The molecule has 0 fully saturated rings. The second kappa shape index (κ2) is 4.22. The SMILES string of the molecule is Cc1ccc(-n2ncc(C(=O)O)c2C)cc1Cl. The first-order valence-electron chi connectivity index (χ1n) is 5.05. The molecule has 1 aromatic heterocycles. The number of halogens is 1. The second-order valence-electron chi connectivity index (χ2n) is 3.79. The van der Waals surface area contributed by atoms with Gasteiger partial charge < -0.3 is 5.11 Å². The van der Waals surface area contributed by atoms with Gasteiger partial charge in [-0.15, -0.1) is 0 Å². The molecule has 17 heavy (non-hydrogen) atoms. The fourth-order valence-corrected chi connectivity index (χ4v) is 1.77. The van der Waals surface area contributed by atoms with Crippen molar-refractivity contribution in [2.45, 2.75) is 13.8 Å². The van der Waals surface area contributed by atoms with E-state index in [0.717, 1.165) is 11.3 Å². The third-order valence-corrected chi connectivity index (χ3v) is 3.05. The molecule has 88 valence electrons. The van der Waals surface area contributed by atoms with Gasteiger partial charge in [0.15, 0.2) is 0 Å². The highest BCUT2D eigenvalue weighted by atomic mass is 35.5. The van der Waals surface area contributed by atoms with E-state index in [-0.39, 0.29) is 5.56 Å². The van der Waals surface area contributed by atoms with E-state index in [4.69, 9.17) is 16.7 Å². The average molecular weight is 251 g/mol. The number of carboxylic acids is 1. The van der Waals surface area contributed by atoms with Crippen molar-refractivity contribution >= 4 is 17.6 Å². The molecule has 0 aliphatic carbocycles. The molecule has 0 aliphatic heterocycles. The fourth-order valence-electron chi connectivity index (χ4n) is 1.59. The van der Waals surface area contributed by atoms with Crippen LogP contribution in [0, 0.1) is 13.8 Å². The second-order valence-corrected chi connectivity index (χ2v) is 4.20. The maximum Gasteiger partial charge on any atom is 0.339 e. The van der Waals surface area contributed by atoms with Gasteiger partial charge in [-0.25, -0.2) is 9.48 Å². The lowest BCUT2D eigenvalue weighted by Crippen LogP contribution is -2.02. The van der Waals surface area contributed by atoms with Crippen LogP contribution in [0.4, 0.5) is 0 Å². The number of aryl methyl sites for hydroxylation is 1. The van der Waals surface area contributed by atoms with Gasteiger partial charge in [-0.3, -0.25) is 0 Å². The van der Waals surface area contributed by atoms with Gasteiger partial charge in [0, 0.05) is 5.02 Å². The van der Waals surface area contributed by atoms with E-state index in [1.165, 1.54) is 6.20 Å². The topological polar surface area (TPSA) is 55.1 Å². The fraction of sp³-hybridized carbons (Fsp3) is 0.167. The van der Waals surface area contributed by atoms with Crippen molar-refractivity contribution in [2.75, 3.05) is 0 Å². The number of aromatic nitrogens is 2. The molecule has 0 saturated carbocycles. The van der Waals surface area contributed by atoms with Crippen LogP contribution in [0.3, 0.4) is 0 Å². The van der Waals surface area contributed by atoms with Gasteiger partial charge in [0.25, 0.3) is 0 Å². The molecule has 4 nitrogen and oxygen atoms in total. The van der Waals surface area contributed by atoms with E-state index in [0.29, 0.717) is 10.7 Å². The summed E-state index contributed by atoms with van der Waals surface area (Å²) >= 11 is 6.03. The Morgan fingerprint density at radius 3 is 2.65 bits per heavy atom. The largest absolute Gasteiger partial charge is 0.478 e. The molecule has 0 atom stereocenters. The Morgan fingerprint density at radius 2 is 2.12 bits per heavy atom. The van der Waals surface area contributed by atoms with Crippen LogP contribution < -0.4 is 0 Å². The van der Waals surface area contributed by atoms with Crippen molar-refractivity contribution in [2.24, 2.45) is 0 Å². The third-order valence-electron chi connectivity index (χ3n) is 2.64. The van der Waals surface area contributed by atoms with Crippen molar-refractivity contribution in [1.29, 1.82) is 0 Å². The summed E-state index contributed by atoms with van der Waals surface area (Å²) in [6, 6.07) is 5.49. The Labute approximate surface area is 103 Å². The van der Waals surface area contributed by atoms with Crippen molar-refractivity contribution in [3.63, 3.8) is 0 Å². The first kappa shape index (κ1) is 11.7. The quantitative estimate of drug-likeness (QED) is 0.892. The summed E-state index contributed by atoms with van der Waals surface area (Å²) in [5.41, 5.74) is 2.50. The van der Waals surface area contributed by atoms with E-state index >= 15 is 0 Å². The van der Waals surface area contributed by atoms with Crippen LogP contribution in [0.2, 0.25) is 5.02 Å². The first-order chi connectivity index (χ1) is 8.00. The first-order valence-corrected chi connectivity index (χ1v) is 5.43. The predicted molar refractivity (Wildman–Crippen MR) is 65.0 cm³/mol. The molecule has 0 radical (unpaired) electrons. The summed E-state index contributed by atoms with van der Waals surface area (Å²) in [5, 5.41) is 13.6. The van der Waals surface area contributed by atoms with Crippen LogP contribution >= 0.6 is 11.6 Å². The van der Waals surface area contributed by atoms with E-state index in [9.17, 15) is 4.79 Å². The monoisotopic (exact) mass is 250 g/mol. The highest BCUT2D eigenvalue weighted by Crippen LogP contribution is 2.21. The molecule has 1 heterocycles. The van der Waals surface area contributed by atoms with Gasteiger partial charge in [0.1, 0.15) is 5.56 Å². The van der Waals surface area contributed by atoms with Gasteiger partial charge in [-0.2, -0.15) is 5.10 Å². The molecule has 5 heteroatoms. The zero-order valence-corrected chi connectivity index (χ0v) is 10.2. The minimum atomic E-state index is -0.980. The maximum atomic E-state index is 10.9. The van der Waals surface area contributed by atoms with Crippen molar-refractivity contribution in [3.05, 3.63) is 46.2 Å². The summed E-state index contributed by atoms with van der Waals surface area (Å²) in [7, 11) is 0. The standard InChI is InChI=1S/C12H11ClN2O2/c1-7-3-4-9(5-11(7)13)15-8(2)10(6-14-15)12(16)17/h3-6H,1-2H3,(H,16,17). The summed E-state index contributed by atoms with van der Waals surface area (Å²) in [6.45, 7) is 3.62. The zero-order chi connectivity index (χ0) is 12.6. The number of aromatic carboxylic acids is 1. The minimum Gasteiger partial charge on any atom is -0.478 e. The van der Waals surface area contributed by atoms with Crippen LogP contribution in [0.5, 0.6) is 0 Å². The minimum absolute atomic E-state index is 0.196. The Bertz CT molecular complexity index is 590. The summed E-state index contributed by atoms with van der Waals surface area (Å²) in [6.07, 6.45) is 1.34. The number of benzene rings is 1. The van der Waals surface area contributed by atoms with E-state index < -0.39 is 5.97 Å². The van der Waals surface area contributed by atoms with Gasteiger partial charge in [0.2, 0.25) is 0 Å². The lowest BCUT2D eigenvalue weighted by Gasteiger charge is -2.06. The molecule has 2 rings (SSSR count). The number of rotatable bonds is 2. The maximum absolute atomic E-state index is 10.9. The normalized spacial score (nSPS) is 10.5. The Hall–Kier alpha value is -1.81. The molecule has 0 aliphatic rings. The van der Waals surface area contributed by atoms with Crippen LogP contribution in [0.25, 0.3) is 5.69 Å². The number of nitrogens with zero attached hydrogens (tertiary/aromatic N) is 2.